The number of rotatable bonds is 9. The summed E-state index contributed by atoms with van der Waals surface area (Å²) in [6.45, 7) is 6.68. The zero-order valence-electron chi connectivity index (χ0n) is 12.7. The highest BCUT2D eigenvalue weighted by Gasteiger charge is 2.08. The molecule has 0 saturated heterocycles. The maximum Gasteiger partial charge on any atom is 0.238 e. The van der Waals surface area contributed by atoms with Crippen molar-refractivity contribution in [1.82, 2.24) is 4.90 Å². The molecule has 0 amide bonds. The summed E-state index contributed by atoms with van der Waals surface area (Å²) in [6, 6.07) is 10.2. The highest BCUT2D eigenvalue weighted by Crippen LogP contribution is 2.15. The number of thiophene rings is 1. The zero-order valence-corrected chi connectivity index (χ0v) is 14.4. The van der Waals surface area contributed by atoms with Crippen molar-refractivity contribution < 1.29 is 13.2 Å². The van der Waals surface area contributed by atoms with Gasteiger partial charge >= 0.3 is 0 Å². The number of primary sulfonamides is 1. The van der Waals surface area contributed by atoms with Gasteiger partial charge in [0, 0.05) is 24.5 Å². The molecule has 2 rings (SSSR count). The minimum absolute atomic E-state index is 0.0795. The van der Waals surface area contributed by atoms with Crippen LogP contribution >= 0.6 is 11.3 Å². The van der Waals surface area contributed by atoms with Crippen LogP contribution in [-0.4, -0.2) is 33.0 Å². The van der Waals surface area contributed by atoms with Crippen LogP contribution in [0.2, 0.25) is 0 Å². The van der Waals surface area contributed by atoms with Crippen LogP contribution in [0.15, 0.2) is 59.3 Å². The van der Waals surface area contributed by atoms with Crippen molar-refractivity contribution in [2.24, 2.45) is 5.14 Å². The molecule has 0 spiro atoms. The molecule has 0 aliphatic rings. The van der Waals surface area contributed by atoms with E-state index in [9.17, 15) is 8.42 Å². The number of ether oxygens (including phenoxy) is 1. The van der Waals surface area contributed by atoms with Gasteiger partial charge < -0.3 is 4.74 Å². The third kappa shape index (κ3) is 5.80. The van der Waals surface area contributed by atoms with Crippen LogP contribution in [-0.2, 0) is 16.6 Å². The number of sulfonamides is 1. The van der Waals surface area contributed by atoms with Crippen LogP contribution < -0.4 is 9.88 Å². The van der Waals surface area contributed by atoms with Crippen LogP contribution in [0.1, 0.15) is 4.88 Å². The van der Waals surface area contributed by atoms with E-state index in [1.807, 2.05) is 12.1 Å². The molecule has 0 aliphatic heterocycles. The van der Waals surface area contributed by atoms with Gasteiger partial charge in [-0.1, -0.05) is 12.1 Å². The lowest BCUT2D eigenvalue weighted by Crippen LogP contribution is -2.28. The van der Waals surface area contributed by atoms with Crippen molar-refractivity contribution in [2.75, 3.05) is 19.7 Å². The van der Waals surface area contributed by atoms with Crippen LogP contribution in [0.3, 0.4) is 0 Å². The zero-order chi connectivity index (χ0) is 16.7. The Labute approximate surface area is 141 Å². The van der Waals surface area contributed by atoms with Gasteiger partial charge in [0.25, 0.3) is 0 Å². The fourth-order valence-corrected chi connectivity index (χ4v) is 3.32. The van der Waals surface area contributed by atoms with Crippen LogP contribution in [0.5, 0.6) is 5.75 Å². The highest BCUT2D eigenvalue weighted by molar-refractivity contribution is 7.89. The van der Waals surface area contributed by atoms with Gasteiger partial charge in [0.05, 0.1) is 4.90 Å². The van der Waals surface area contributed by atoms with Gasteiger partial charge in [-0.15, -0.1) is 17.9 Å². The molecule has 1 aromatic heterocycles. The number of hydrogen-bond acceptors (Lipinski definition) is 5. The molecule has 0 fully saturated rings. The Morgan fingerprint density at radius 2 is 2.00 bits per heavy atom. The van der Waals surface area contributed by atoms with Crippen molar-refractivity contribution >= 4 is 21.4 Å². The SMILES string of the molecule is C=CCN(CCOc1ccc(S(N)(=O)=O)cc1)Cc1cccs1. The summed E-state index contributed by atoms with van der Waals surface area (Å²) in [4.78, 5) is 3.61. The van der Waals surface area contributed by atoms with E-state index in [0.717, 1.165) is 19.6 Å². The molecule has 1 heterocycles. The van der Waals surface area contributed by atoms with Gasteiger partial charge in [0.1, 0.15) is 12.4 Å². The van der Waals surface area contributed by atoms with E-state index in [0.29, 0.717) is 12.4 Å². The van der Waals surface area contributed by atoms with Crippen molar-refractivity contribution in [3.63, 3.8) is 0 Å². The number of nitrogens with zero attached hydrogens (tertiary/aromatic N) is 1. The molecule has 0 radical (unpaired) electrons. The first-order valence-electron chi connectivity index (χ1n) is 7.10. The summed E-state index contributed by atoms with van der Waals surface area (Å²) >= 11 is 1.73. The van der Waals surface area contributed by atoms with E-state index in [1.54, 1.807) is 23.5 Å². The fourth-order valence-electron chi connectivity index (χ4n) is 2.06. The van der Waals surface area contributed by atoms with E-state index in [-0.39, 0.29) is 4.90 Å². The molecule has 0 unspecified atom stereocenters. The van der Waals surface area contributed by atoms with Crippen molar-refractivity contribution in [1.29, 1.82) is 0 Å². The monoisotopic (exact) mass is 352 g/mol. The average molecular weight is 352 g/mol. The van der Waals surface area contributed by atoms with Crippen molar-refractivity contribution in [2.45, 2.75) is 11.4 Å². The van der Waals surface area contributed by atoms with Crippen molar-refractivity contribution in [3.8, 4) is 5.75 Å². The molecular formula is C16H20N2O3S2. The maximum atomic E-state index is 11.2. The largest absolute Gasteiger partial charge is 0.492 e. The highest BCUT2D eigenvalue weighted by atomic mass is 32.2. The molecule has 5 nitrogen and oxygen atoms in total. The lowest BCUT2D eigenvalue weighted by atomic mass is 10.3. The van der Waals surface area contributed by atoms with Gasteiger partial charge in [-0.05, 0) is 35.7 Å². The lowest BCUT2D eigenvalue weighted by molar-refractivity contribution is 0.218. The van der Waals surface area contributed by atoms with Crippen LogP contribution in [0.4, 0.5) is 0 Å². The third-order valence-electron chi connectivity index (χ3n) is 3.18. The minimum Gasteiger partial charge on any atom is -0.492 e. The molecule has 0 atom stereocenters. The quantitative estimate of drug-likeness (QED) is 0.704. The molecule has 0 aliphatic carbocycles. The van der Waals surface area contributed by atoms with Crippen LogP contribution in [0.25, 0.3) is 0 Å². The van der Waals surface area contributed by atoms with E-state index < -0.39 is 10.0 Å². The van der Waals surface area contributed by atoms with E-state index in [1.165, 1.54) is 17.0 Å². The molecule has 7 heteroatoms. The van der Waals surface area contributed by atoms with E-state index in [4.69, 9.17) is 9.88 Å². The van der Waals surface area contributed by atoms with Gasteiger partial charge in [0.2, 0.25) is 10.0 Å². The number of hydrogen-bond donors (Lipinski definition) is 1. The molecule has 0 saturated carbocycles. The summed E-state index contributed by atoms with van der Waals surface area (Å²) in [5.74, 6) is 0.618. The molecule has 2 N–H and O–H groups in total. The van der Waals surface area contributed by atoms with Crippen molar-refractivity contribution in [3.05, 3.63) is 59.3 Å². The Balaban J connectivity index is 1.85. The summed E-state index contributed by atoms with van der Waals surface area (Å²) in [5, 5.41) is 7.12. The topological polar surface area (TPSA) is 72.6 Å². The Morgan fingerprint density at radius 3 is 2.57 bits per heavy atom. The van der Waals surface area contributed by atoms with Gasteiger partial charge in [-0.2, -0.15) is 0 Å². The maximum absolute atomic E-state index is 11.2. The van der Waals surface area contributed by atoms with E-state index in [2.05, 4.69) is 22.9 Å². The Hall–Kier alpha value is -1.67. The second kappa shape index (κ2) is 8.26. The third-order valence-corrected chi connectivity index (χ3v) is 4.97. The van der Waals surface area contributed by atoms with E-state index >= 15 is 0 Å². The predicted octanol–water partition coefficient (Wildman–Crippen LogP) is 2.46. The molecule has 124 valence electrons. The standard InChI is InChI=1S/C16H20N2O3S2/c1-2-9-18(13-15-4-3-12-22-15)10-11-21-14-5-7-16(8-6-14)23(17,19)20/h2-8,12H,1,9-11,13H2,(H2,17,19,20). The fraction of sp³-hybridized carbons (Fsp3) is 0.250. The van der Waals surface area contributed by atoms with Crippen LogP contribution in [0, 0.1) is 0 Å². The summed E-state index contributed by atoms with van der Waals surface area (Å²) < 4.78 is 28.0. The molecular weight excluding hydrogens is 332 g/mol. The minimum atomic E-state index is -3.66. The Kier molecular flexibility index (Phi) is 6.35. The summed E-state index contributed by atoms with van der Waals surface area (Å²) in [7, 11) is -3.66. The summed E-state index contributed by atoms with van der Waals surface area (Å²) in [6.07, 6.45) is 1.87. The Morgan fingerprint density at radius 1 is 1.26 bits per heavy atom. The van der Waals surface area contributed by atoms with Gasteiger partial charge in [-0.25, -0.2) is 13.6 Å². The first-order chi connectivity index (χ1) is 11.0. The predicted molar refractivity (Wildman–Crippen MR) is 93.1 cm³/mol. The molecule has 23 heavy (non-hydrogen) atoms. The average Bonchev–Trinajstić information content (AvgIpc) is 3.00. The second-order valence-electron chi connectivity index (χ2n) is 4.97. The first kappa shape index (κ1) is 17.7. The number of nitrogens with two attached hydrogens (primary N) is 1. The normalized spacial score (nSPS) is 11.6. The Bertz CT molecular complexity index is 710. The smallest absolute Gasteiger partial charge is 0.238 e. The number of benzene rings is 1. The molecule has 2 aromatic rings. The first-order valence-corrected chi connectivity index (χ1v) is 9.53. The van der Waals surface area contributed by atoms with Gasteiger partial charge in [-0.3, -0.25) is 4.90 Å². The molecule has 1 aromatic carbocycles. The summed E-state index contributed by atoms with van der Waals surface area (Å²) in [5.41, 5.74) is 0. The van der Waals surface area contributed by atoms with Gasteiger partial charge in [0.15, 0.2) is 0 Å². The molecule has 0 bridgehead atoms. The second-order valence-corrected chi connectivity index (χ2v) is 7.56. The lowest BCUT2D eigenvalue weighted by Gasteiger charge is -2.20.